The molecule has 0 radical (unpaired) electrons. The highest BCUT2D eigenvalue weighted by Gasteiger charge is 2.12. The van der Waals surface area contributed by atoms with Gasteiger partial charge < -0.3 is 15.3 Å². The molecule has 9 heteroatoms. The number of aromatic nitrogens is 2. The van der Waals surface area contributed by atoms with Crippen LogP contribution in [0.3, 0.4) is 0 Å². The number of primary sulfonamides is 1. The van der Waals surface area contributed by atoms with Gasteiger partial charge in [-0.2, -0.15) is 0 Å². The number of H-pyrrole nitrogens is 2. The Hall–Kier alpha value is -2.39. The summed E-state index contributed by atoms with van der Waals surface area (Å²) in [6.07, 6.45) is 1.24. The minimum absolute atomic E-state index is 0.0388. The highest BCUT2D eigenvalue weighted by Crippen LogP contribution is 2.19. The van der Waals surface area contributed by atoms with Crippen molar-refractivity contribution in [2.75, 3.05) is 5.32 Å². The largest absolute Gasteiger partial charge is 0.323 e. The fourth-order valence-electron chi connectivity index (χ4n) is 1.60. The molecule has 0 spiro atoms. The van der Waals surface area contributed by atoms with Crippen molar-refractivity contribution in [3.05, 3.63) is 46.1 Å². The van der Waals surface area contributed by atoms with Gasteiger partial charge in [0.1, 0.15) is 5.69 Å². The topological polar surface area (TPSA) is 138 Å². The van der Waals surface area contributed by atoms with Crippen molar-refractivity contribution in [2.45, 2.75) is 11.8 Å². The quantitative estimate of drug-likeness (QED) is 0.628. The summed E-state index contributed by atoms with van der Waals surface area (Å²) in [5.74, 6) is -0.519. The summed E-state index contributed by atoms with van der Waals surface area (Å²) in [6, 6.07) is 4.07. The third-order valence-electron chi connectivity index (χ3n) is 2.62. The molecular weight excluding hydrogens is 284 g/mol. The SMILES string of the molecule is Cc1cc(S(N)(=O)=O)ccc1NC(=O)c1c[nH]c(=O)[nH]1. The van der Waals surface area contributed by atoms with Crippen molar-refractivity contribution in [1.29, 1.82) is 0 Å². The van der Waals surface area contributed by atoms with E-state index in [0.29, 0.717) is 11.3 Å². The van der Waals surface area contributed by atoms with Crippen LogP contribution in [0, 0.1) is 6.92 Å². The first-order valence-electron chi connectivity index (χ1n) is 5.50. The lowest BCUT2D eigenvalue weighted by atomic mass is 10.2. The number of carbonyl (C=O) groups is 1. The summed E-state index contributed by atoms with van der Waals surface area (Å²) >= 11 is 0. The van der Waals surface area contributed by atoms with Gasteiger partial charge in [-0.05, 0) is 30.7 Å². The number of nitrogens with one attached hydrogen (secondary N) is 3. The number of sulfonamides is 1. The van der Waals surface area contributed by atoms with Gasteiger partial charge in [0, 0.05) is 11.9 Å². The molecule has 0 atom stereocenters. The zero-order chi connectivity index (χ0) is 14.9. The van der Waals surface area contributed by atoms with Crippen molar-refractivity contribution in [3.8, 4) is 0 Å². The number of anilines is 1. The second-order valence-corrected chi connectivity index (χ2v) is 5.69. The molecule has 0 bridgehead atoms. The maximum Gasteiger partial charge on any atom is 0.323 e. The van der Waals surface area contributed by atoms with Gasteiger partial charge in [-0.25, -0.2) is 18.4 Å². The number of imidazole rings is 1. The molecule has 0 saturated carbocycles. The molecule has 0 saturated heterocycles. The molecule has 0 aliphatic heterocycles. The van der Waals surface area contributed by atoms with Crippen molar-refractivity contribution < 1.29 is 13.2 Å². The highest BCUT2D eigenvalue weighted by atomic mass is 32.2. The molecule has 1 aromatic carbocycles. The van der Waals surface area contributed by atoms with E-state index in [-0.39, 0.29) is 10.6 Å². The lowest BCUT2D eigenvalue weighted by molar-refractivity contribution is 0.102. The number of hydrogen-bond acceptors (Lipinski definition) is 4. The van der Waals surface area contributed by atoms with E-state index in [0.717, 1.165) is 0 Å². The second-order valence-electron chi connectivity index (χ2n) is 4.13. The van der Waals surface area contributed by atoms with E-state index < -0.39 is 21.6 Å². The molecule has 1 amide bonds. The molecule has 0 fully saturated rings. The Bertz CT molecular complexity index is 819. The summed E-state index contributed by atoms with van der Waals surface area (Å²) in [5.41, 5.74) is 0.536. The van der Waals surface area contributed by atoms with Crippen LogP contribution in [0.4, 0.5) is 5.69 Å². The average molecular weight is 296 g/mol. The number of carbonyl (C=O) groups excluding carboxylic acids is 1. The number of nitrogens with two attached hydrogens (primary N) is 1. The predicted octanol–water partition coefficient (Wildman–Crippen LogP) is -0.0889. The van der Waals surface area contributed by atoms with E-state index in [4.69, 9.17) is 5.14 Å². The molecule has 1 heterocycles. The van der Waals surface area contributed by atoms with Crippen molar-refractivity contribution in [3.63, 3.8) is 0 Å². The Morgan fingerprint density at radius 1 is 1.35 bits per heavy atom. The fourth-order valence-corrected chi connectivity index (χ4v) is 2.20. The van der Waals surface area contributed by atoms with Gasteiger partial charge in [-0.1, -0.05) is 0 Å². The molecule has 20 heavy (non-hydrogen) atoms. The lowest BCUT2D eigenvalue weighted by Gasteiger charge is -2.08. The van der Waals surface area contributed by atoms with E-state index in [1.54, 1.807) is 6.92 Å². The summed E-state index contributed by atoms with van der Waals surface area (Å²) in [5, 5.41) is 7.57. The van der Waals surface area contributed by atoms with Crippen LogP contribution in [0.2, 0.25) is 0 Å². The van der Waals surface area contributed by atoms with Gasteiger partial charge in [-0.15, -0.1) is 0 Å². The minimum atomic E-state index is -3.78. The van der Waals surface area contributed by atoms with Crippen LogP contribution in [0.5, 0.6) is 0 Å². The first-order chi connectivity index (χ1) is 9.27. The fraction of sp³-hybridized carbons (Fsp3) is 0.0909. The highest BCUT2D eigenvalue weighted by molar-refractivity contribution is 7.89. The average Bonchev–Trinajstić information content (AvgIpc) is 2.77. The smallest absolute Gasteiger partial charge is 0.320 e. The van der Waals surface area contributed by atoms with Crippen LogP contribution < -0.4 is 16.1 Å². The molecule has 5 N–H and O–H groups in total. The first-order valence-corrected chi connectivity index (χ1v) is 7.04. The van der Waals surface area contributed by atoms with Gasteiger partial charge in [-0.3, -0.25) is 4.79 Å². The lowest BCUT2D eigenvalue weighted by Crippen LogP contribution is -2.16. The van der Waals surface area contributed by atoms with Gasteiger partial charge in [0.25, 0.3) is 5.91 Å². The summed E-state index contributed by atoms with van der Waals surface area (Å²) in [6.45, 7) is 1.63. The summed E-state index contributed by atoms with van der Waals surface area (Å²) in [4.78, 5) is 27.3. The number of aromatic amines is 2. The van der Waals surface area contributed by atoms with E-state index >= 15 is 0 Å². The van der Waals surface area contributed by atoms with Crippen LogP contribution in [0.1, 0.15) is 16.1 Å². The van der Waals surface area contributed by atoms with Gasteiger partial charge in [0.05, 0.1) is 4.90 Å². The van der Waals surface area contributed by atoms with Crippen LogP contribution >= 0.6 is 0 Å². The number of amides is 1. The van der Waals surface area contributed by atoms with Crippen molar-refractivity contribution in [2.24, 2.45) is 5.14 Å². The molecule has 0 aliphatic carbocycles. The van der Waals surface area contributed by atoms with E-state index in [9.17, 15) is 18.0 Å². The zero-order valence-corrected chi connectivity index (χ0v) is 11.2. The van der Waals surface area contributed by atoms with Gasteiger partial charge in [0.2, 0.25) is 10.0 Å². The molecule has 2 rings (SSSR count). The van der Waals surface area contributed by atoms with E-state index in [1.807, 2.05) is 0 Å². The third kappa shape index (κ3) is 2.95. The van der Waals surface area contributed by atoms with Crippen LogP contribution in [-0.4, -0.2) is 24.3 Å². The third-order valence-corrected chi connectivity index (χ3v) is 3.53. The van der Waals surface area contributed by atoms with Crippen LogP contribution in [-0.2, 0) is 10.0 Å². The molecule has 106 valence electrons. The molecular formula is C11H12N4O4S. The molecule has 0 aliphatic rings. The van der Waals surface area contributed by atoms with Crippen LogP contribution in [0.15, 0.2) is 34.1 Å². The molecule has 0 unspecified atom stereocenters. The Morgan fingerprint density at radius 2 is 2.05 bits per heavy atom. The summed E-state index contributed by atoms with van der Waals surface area (Å²) in [7, 11) is -3.78. The Labute approximate surface area is 114 Å². The Balaban J connectivity index is 2.27. The Morgan fingerprint density at radius 3 is 2.55 bits per heavy atom. The molecule has 1 aromatic heterocycles. The van der Waals surface area contributed by atoms with Crippen molar-refractivity contribution in [1.82, 2.24) is 9.97 Å². The minimum Gasteiger partial charge on any atom is -0.320 e. The van der Waals surface area contributed by atoms with Crippen LogP contribution in [0.25, 0.3) is 0 Å². The first kappa shape index (κ1) is 14.0. The molecule has 8 nitrogen and oxygen atoms in total. The summed E-state index contributed by atoms with van der Waals surface area (Å²) < 4.78 is 22.4. The zero-order valence-electron chi connectivity index (χ0n) is 10.4. The Kier molecular flexibility index (Phi) is 3.47. The maximum absolute atomic E-state index is 11.8. The normalized spacial score (nSPS) is 11.3. The maximum atomic E-state index is 11.8. The molecule has 2 aromatic rings. The monoisotopic (exact) mass is 296 g/mol. The number of rotatable bonds is 3. The predicted molar refractivity (Wildman–Crippen MR) is 71.9 cm³/mol. The number of benzene rings is 1. The number of aryl methyl sites for hydroxylation is 1. The second kappa shape index (κ2) is 4.94. The van der Waals surface area contributed by atoms with Gasteiger partial charge >= 0.3 is 5.69 Å². The number of hydrogen-bond donors (Lipinski definition) is 4. The van der Waals surface area contributed by atoms with E-state index in [2.05, 4.69) is 15.3 Å². The van der Waals surface area contributed by atoms with Crippen molar-refractivity contribution >= 4 is 21.6 Å². The van der Waals surface area contributed by atoms with E-state index in [1.165, 1.54) is 24.4 Å². The standard InChI is InChI=1S/C11H12N4O4S/c1-6-4-7(20(12,18)19)2-3-8(6)14-10(16)9-5-13-11(17)15-9/h2-5H,1H3,(H,14,16)(H2,12,18,19)(H2,13,15,17). The van der Waals surface area contributed by atoms with Gasteiger partial charge in [0.15, 0.2) is 0 Å².